The zero-order valence-corrected chi connectivity index (χ0v) is 12.7. The second-order valence-corrected chi connectivity index (χ2v) is 5.78. The van der Waals surface area contributed by atoms with E-state index in [0.717, 1.165) is 18.4 Å². The summed E-state index contributed by atoms with van der Waals surface area (Å²) in [6, 6.07) is 10.9. The largest absolute Gasteiger partial charge is 0.330 e. The lowest BCUT2D eigenvalue weighted by Crippen LogP contribution is -2.31. The molecule has 1 aromatic carbocycles. The molecule has 2 heterocycles. The molecule has 1 aromatic heterocycles. The zero-order chi connectivity index (χ0) is 14.8. The molecule has 2 aromatic rings. The molecule has 1 aliphatic heterocycles. The molecule has 1 amide bonds. The van der Waals surface area contributed by atoms with Gasteiger partial charge in [0.25, 0.3) is 5.91 Å². The molecule has 1 fully saturated rings. The molecule has 0 radical (unpaired) electrons. The average molecular weight is 322 g/mol. The van der Waals surface area contributed by atoms with Crippen molar-refractivity contribution in [2.75, 3.05) is 6.54 Å². The number of carbonyl (C=O) groups excluding carboxylic acids is 1. The number of aromatic nitrogens is 2. The highest BCUT2D eigenvalue weighted by molar-refractivity contribution is 6.30. The summed E-state index contributed by atoms with van der Waals surface area (Å²) < 4.78 is 0. The molecular formula is C15H13Cl2N3O. The molecule has 0 bridgehead atoms. The number of hydrogen-bond acceptors (Lipinski definition) is 3. The molecule has 1 unspecified atom stereocenters. The van der Waals surface area contributed by atoms with E-state index in [2.05, 4.69) is 10.2 Å². The van der Waals surface area contributed by atoms with Gasteiger partial charge in [0.2, 0.25) is 0 Å². The molecule has 6 heteroatoms. The topological polar surface area (TPSA) is 46.1 Å². The molecule has 1 atom stereocenters. The van der Waals surface area contributed by atoms with Crippen LogP contribution in [0.5, 0.6) is 0 Å². The van der Waals surface area contributed by atoms with Crippen LogP contribution in [-0.4, -0.2) is 27.5 Å². The van der Waals surface area contributed by atoms with Crippen molar-refractivity contribution >= 4 is 29.1 Å². The van der Waals surface area contributed by atoms with E-state index in [0.29, 0.717) is 17.3 Å². The Morgan fingerprint density at radius 3 is 2.76 bits per heavy atom. The van der Waals surface area contributed by atoms with Crippen molar-refractivity contribution in [3.8, 4) is 0 Å². The molecule has 3 rings (SSSR count). The van der Waals surface area contributed by atoms with E-state index in [-0.39, 0.29) is 17.1 Å². The molecule has 0 N–H and O–H groups in total. The van der Waals surface area contributed by atoms with Crippen LogP contribution < -0.4 is 0 Å². The monoisotopic (exact) mass is 321 g/mol. The van der Waals surface area contributed by atoms with Crippen LogP contribution in [-0.2, 0) is 0 Å². The first kappa shape index (κ1) is 14.3. The van der Waals surface area contributed by atoms with Gasteiger partial charge in [0.15, 0.2) is 10.8 Å². The van der Waals surface area contributed by atoms with Crippen molar-refractivity contribution < 1.29 is 4.79 Å². The van der Waals surface area contributed by atoms with Crippen molar-refractivity contribution in [1.82, 2.24) is 15.1 Å². The van der Waals surface area contributed by atoms with E-state index in [1.54, 1.807) is 12.1 Å². The minimum Gasteiger partial charge on any atom is -0.330 e. The van der Waals surface area contributed by atoms with Crippen LogP contribution in [0.4, 0.5) is 0 Å². The van der Waals surface area contributed by atoms with Crippen LogP contribution in [0.2, 0.25) is 10.2 Å². The molecule has 1 saturated heterocycles. The summed E-state index contributed by atoms with van der Waals surface area (Å²) in [7, 11) is 0. The Hall–Kier alpha value is -1.65. The first-order valence-corrected chi connectivity index (χ1v) is 7.46. The lowest BCUT2D eigenvalue weighted by Gasteiger charge is -2.24. The first-order chi connectivity index (χ1) is 10.1. The van der Waals surface area contributed by atoms with Crippen molar-refractivity contribution in [1.29, 1.82) is 0 Å². The minimum atomic E-state index is -0.123. The lowest BCUT2D eigenvalue weighted by molar-refractivity contribution is 0.0728. The zero-order valence-electron chi connectivity index (χ0n) is 11.2. The summed E-state index contributed by atoms with van der Waals surface area (Å²) in [6.45, 7) is 0.709. The molecule has 1 aliphatic rings. The predicted molar refractivity (Wildman–Crippen MR) is 81.5 cm³/mol. The fourth-order valence-electron chi connectivity index (χ4n) is 2.65. The molecule has 4 nitrogen and oxygen atoms in total. The third-order valence-electron chi connectivity index (χ3n) is 3.60. The summed E-state index contributed by atoms with van der Waals surface area (Å²) >= 11 is 11.7. The number of nitrogens with zero attached hydrogens (tertiary/aromatic N) is 3. The van der Waals surface area contributed by atoms with E-state index >= 15 is 0 Å². The van der Waals surface area contributed by atoms with Gasteiger partial charge in [0, 0.05) is 11.6 Å². The summed E-state index contributed by atoms with van der Waals surface area (Å²) in [6.07, 6.45) is 1.89. The van der Waals surface area contributed by atoms with Crippen LogP contribution in [0.3, 0.4) is 0 Å². The van der Waals surface area contributed by atoms with E-state index in [1.807, 2.05) is 29.2 Å². The Bertz CT molecular complexity index is 660. The van der Waals surface area contributed by atoms with Crippen LogP contribution in [0.1, 0.15) is 34.9 Å². The van der Waals surface area contributed by atoms with Gasteiger partial charge >= 0.3 is 0 Å². The number of rotatable bonds is 2. The highest BCUT2D eigenvalue weighted by Crippen LogP contribution is 2.33. The highest BCUT2D eigenvalue weighted by Gasteiger charge is 2.31. The van der Waals surface area contributed by atoms with E-state index in [9.17, 15) is 4.79 Å². The van der Waals surface area contributed by atoms with Gasteiger partial charge in [0.1, 0.15) is 0 Å². The molecular weight excluding hydrogens is 309 g/mol. The van der Waals surface area contributed by atoms with Gasteiger partial charge in [-0.3, -0.25) is 4.79 Å². The smallest absolute Gasteiger partial charge is 0.274 e. The number of hydrogen-bond donors (Lipinski definition) is 0. The van der Waals surface area contributed by atoms with Gasteiger partial charge in [-0.25, -0.2) is 0 Å². The summed E-state index contributed by atoms with van der Waals surface area (Å²) in [5, 5.41) is 8.56. The summed E-state index contributed by atoms with van der Waals surface area (Å²) in [4.78, 5) is 14.4. The molecule has 0 aliphatic carbocycles. The second-order valence-electron chi connectivity index (χ2n) is 4.95. The number of likely N-dealkylation sites (tertiary alicyclic amines) is 1. The van der Waals surface area contributed by atoms with E-state index in [4.69, 9.17) is 23.2 Å². The maximum Gasteiger partial charge on any atom is 0.274 e. The standard InChI is InChI=1S/C15H13Cl2N3O/c16-11-4-1-3-10(9-11)13-5-2-8-20(13)15(21)12-6-7-14(17)19-18-12/h1,3-4,6-7,9,13H,2,5,8H2. The van der Waals surface area contributed by atoms with Crippen molar-refractivity contribution in [3.05, 3.63) is 57.8 Å². The lowest BCUT2D eigenvalue weighted by atomic mass is 10.0. The molecule has 0 spiro atoms. The number of amides is 1. The summed E-state index contributed by atoms with van der Waals surface area (Å²) in [5.74, 6) is -0.123. The number of carbonyl (C=O) groups is 1. The van der Waals surface area contributed by atoms with Gasteiger partial charge in [-0.2, -0.15) is 0 Å². The van der Waals surface area contributed by atoms with Crippen molar-refractivity contribution in [2.24, 2.45) is 0 Å². The number of benzene rings is 1. The molecule has 21 heavy (non-hydrogen) atoms. The van der Waals surface area contributed by atoms with Crippen LogP contribution >= 0.6 is 23.2 Å². The minimum absolute atomic E-state index is 0.0358. The SMILES string of the molecule is O=C(c1ccc(Cl)nn1)N1CCCC1c1cccc(Cl)c1. The van der Waals surface area contributed by atoms with Gasteiger partial charge in [-0.05, 0) is 42.7 Å². The fraction of sp³-hybridized carbons (Fsp3) is 0.267. The maximum absolute atomic E-state index is 12.6. The predicted octanol–water partition coefficient (Wildman–Crippen LogP) is 3.76. The van der Waals surface area contributed by atoms with Crippen molar-refractivity contribution in [2.45, 2.75) is 18.9 Å². The fourth-order valence-corrected chi connectivity index (χ4v) is 2.95. The Labute approximate surface area is 132 Å². The Kier molecular flexibility index (Phi) is 4.08. The van der Waals surface area contributed by atoms with Gasteiger partial charge < -0.3 is 4.90 Å². The van der Waals surface area contributed by atoms with E-state index in [1.165, 1.54) is 0 Å². The summed E-state index contributed by atoms with van der Waals surface area (Å²) in [5.41, 5.74) is 1.36. The number of halogens is 2. The second kappa shape index (κ2) is 6.00. The van der Waals surface area contributed by atoms with Gasteiger partial charge in [-0.15, -0.1) is 10.2 Å². The normalized spacial score (nSPS) is 18.0. The third kappa shape index (κ3) is 3.01. The Morgan fingerprint density at radius 1 is 1.19 bits per heavy atom. The quantitative estimate of drug-likeness (QED) is 0.846. The molecule has 0 saturated carbocycles. The van der Waals surface area contributed by atoms with Crippen LogP contribution in [0, 0.1) is 0 Å². The maximum atomic E-state index is 12.6. The Balaban J connectivity index is 1.87. The highest BCUT2D eigenvalue weighted by atomic mass is 35.5. The Morgan fingerprint density at radius 2 is 2.05 bits per heavy atom. The van der Waals surface area contributed by atoms with Gasteiger partial charge in [0.05, 0.1) is 6.04 Å². The van der Waals surface area contributed by atoms with Crippen molar-refractivity contribution in [3.63, 3.8) is 0 Å². The van der Waals surface area contributed by atoms with Crippen LogP contribution in [0.25, 0.3) is 0 Å². The van der Waals surface area contributed by atoms with Crippen LogP contribution in [0.15, 0.2) is 36.4 Å². The van der Waals surface area contributed by atoms with Gasteiger partial charge in [-0.1, -0.05) is 35.3 Å². The molecule has 108 valence electrons. The van der Waals surface area contributed by atoms with E-state index < -0.39 is 0 Å². The third-order valence-corrected chi connectivity index (χ3v) is 4.03. The average Bonchev–Trinajstić information content (AvgIpc) is 2.97. The first-order valence-electron chi connectivity index (χ1n) is 6.71.